The number of benzene rings is 2. The van der Waals surface area contributed by atoms with E-state index < -0.39 is 22.0 Å². The normalized spacial score (nSPS) is 18.4. The van der Waals surface area contributed by atoms with Gasteiger partial charge in [0.25, 0.3) is 0 Å². The van der Waals surface area contributed by atoms with Gasteiger partial charge in [0.15, 0.2) is 0 Å². The predicted molar refractivity (Wildman–Crippen MR) is 99.8 cm³/mol. The molecule has 1 N–H and O–H groups in total. The van der Waals surface area contributed by atoms with Crippen LogP contribution in [0, 0.1) is 0 Å². The summed E-state index contributed by atoms with van der Waals surface area (Å²) in [7, 11) is -3.86. The van der Waals surface area contributed by atoms with Gasteiger partial charge < -0.3 is 9.84 Å². The van der Waals surface area contributed by atoms with Crippen LogP contribution in [0.3, 0.4) is 0 Å². The van der Waals surface area contributed by atoms with Crippen LogP contribution in [0.5, 0.6) is 11.5 Å². The lowest BCUT2D eigenvalue weighted by Crippen LogP contribution is -2.47. The Labute approximate surface area is 160 Å². The van der Waals surface area contributed by atoms with E-state index in [9.17, 15) is 18.3 Å². The molecule has 0 saturated carbocycles. The minimum absolute atomic E-state index is 0.0637. The summed E-state index contributed by atoms with van der Waals surface area (Å²) in [5, 5.41) is 9.32. The number of halogens is 1. The van der Waals surface area contributed by atoms with Gasteiger partial charge in [-0.1, -0.05) is 15.9 Å². The lowest BCUT2D eigenvalue weighted by Gasteiger charge is -2.31. The van der Waals surface area contributed by atoms with Gasteiger partial charge in [0.1, 0.15) is 17.5 Å². The second kappa shape index (κ2) is 7.77. The molecule has 0 aromatic heterocycles. The average molecular weight is 440 g/mol. The highest BCUT2D eigenvalue weighted by Gasteiger charge is 2.37. The first-order chi connectivity index (χ1) is 12.4. The van der Waals surface area contributed by atoms with E-state index in [2.05, 4.69) is 15.9 Å². The van der Waals surface area contributed by atoms with Gasteiger partial charge in [0.2, 0.25) is 10.0 Å². The van der Waals surface area contributed by atoms with E-state index in [4.69, 9.17) is 4.74 Å². The lowest BCUT2D eigenvalue weighted by atomic mass is 10.1. The molecule has 138 valence electrons. The zero-order valence-electron chi connectivity index (χ0n) is 13.8. The molecule has 0 bridgehead atoms. The van der Waals surface area contributed by atoms with Crippen LogP contribution in [0.2, 0.25) is 0 Å². The summed E-state index contributed by atoms with van der Waals surface area (Å²) in [5.74, 6) is 0.0222. The highest BCUT2D eigenvalue weighted by atomic mass is 79.9. The number of aliphatic carboxylic acids is 1. The predicted octanol–water partition coefficient (Wildman–Crippen LogP) is 3.87. The molecular formula is C18H18BrNO5S. The van der Waals surface area contributed by atoms with Crippen molar-refractivity contribution in [3.8, 4) is 11.5 Å². The zero-order chi connectivity index (χ0) is 18.7. The molecule has 1 fully saturated rings. The first kappa shape index (κ1) is 18.9. The maximum absolute atomic E-state index is 12.8. The van der Waals surface area contributed by atoms with Gasteiger partial charge in [0.05, 0.1) is 4.90 Å². The van der Waals surface area contributed by atoms with Crippen molar-refractivity contribution in [3.05, 3.63) is 53.0 Å². The first-order valence-corrected chi connectivity index (χ1v) is 10.4. The summed E-state index contributed by atoms with van der Waals surface area (Å²) < 4.78 is 33.4. The monoisotopic (exact) mass is 439 g/mol. The fraction of sp³-hybridized carbons (Fsp3) is 0.278. The lowest BCUT2D eigenvalue weighted by molar-refractivity contribution is -0.142. The van der Waals surface area contributed by atoms with Crippen LogP contribution in [0.1, 0.15) is 19.3 Å². The molecule has 1 aliphatic heterocycles. The van der Waals surface area contributed by atoms with E-state index in [1.807, 2.05) is 12.1 Å². The highest BCUT2D eigenvalue weighted by Crippen LogP contribution is 2.28. The zero-order valence-corrected chi connectivity index (χ0v) is 16.2. The van der Waals surface area contributed by atoms with Gasteiger partial charge in [-0.05, 0) is 67.8 Å². The minimum atomic E-state index is -3.86. The summed E-state index contributed by atoms with van der Waals surface area (Å²) in [4.78, 5) is 11.5. The number of hydrogen-bond donors (Lipinski definition) is 1. The molecule has 0 spiro atoms. The van der Waals surface area contributed by atoms with E-state index in [0.717, 1.165) is 8.78 Å². The van der Waals surface area contributed by atoms with Gasteiger partial charge in [-0.2, -0.15) is 4.31 Å². The van der Waals surface area contributed by atoms with Crippen LogP contribution in [0.25, 0.3) is 0 Å². The molecule has 1 saturated heterocycles. The molecule has 6 nitrogen and oxygen atoms in total. The second-order valence-corrected chi connectivity index (χ2v) is 8.80. The molecule has 1 heterocycles. The van der Waals surface area contributed by atoms with Crippen molar-refractivity contribution < 1.29 is 23.1 Å². The van der Waals surface area contributed by atoms with Crippen molar-refractivity contribution in [3.63, 3.8) is 0 Å². The van der Waals surface area contributed by atoms with Crippen molar-refractivity contribution in [2.45, 2.75) is 30.2 Å². The summed E-state index contributed by atoms with van der Waals surface area (Å²) in [6, 6.07) is 12.3. The highest BCUT2D eigenvalue weighted by molar-refractivity contribution is 9.10. The number of ether oxygens (including phenoxy) is 1. The topological polar surface area (TPSA) is 83.9 Å². The second-order valence-electron chi connectivity index (χ2n) is 5.99. The molecular weight excluding hydrogens is 422 g/mol. The Bertz CT molecular complexity index is 881. The first-order valence-electron chi connectivity index (χ1n) is 8.16. The SMILES string of the molecule is O=C(O)C1CCCCN1S(=O)(=O)c1ccc(Oc2ccc(Br)cc2)cc1. The Morgan fingerprint density at radius 2 is 1.62 bits per heavy atom. The van der Waals surface area contributed by atoms with Crippen LogP contribution in [0.4, 0.5) is 0 Å². The Morgan fingerprint density at radius 1 is 1.04 bits per heavy atom. The summed E-state index contributed by atoms with van der Waals surface area (Å²) in [6.45, 7) is 0.219. The molecule has 8 heteroatoms. The number of piperidine rings is 1. The maximum Gasteiger partial charge on any atom is 0.322 e. The van der Waals surface area contributed by atoms with Gasteiger partial charge in [-0.3, -0.25) is 4.79 Å². The maximum atomic E-state index is 12.8. The van der Waals surface area contributed by atoms with Gasteiger partial charge in [-0.15, -0.1) is 0 Å². The van der Waals surface area contributed by atoms with Gasteiger partial charge in [-0.25, -0.2) is 8.42 Å². The Hall–Kier alpha value is -1.90. The van der Waals surface area contributed by atoms with Gasteiger partial charge >= 0.3 is 5.97 Å². The number of carboxylic acid groups (broad SMARTS) is 1. The smallest absolute Gasteiger partial charge is 0.322 e. The number of carboxylic acids is 1. The number of nitrogens with zero attached hydrogens (tertiary/aromatic N) is 1. The number of sulfonamides is 1. The third-order valence-electron chi connectivity index (χ3n) is 4.22. The van der Waals surface area contributed by atoms with Crippen molar-refractivity contribution >= 4 is 31.9 Å². The molecule has 1 unspecified atom stereocenters. The summed E-state index contributed by atoms with van der Waals surface area (Å²) in [6.07, 6.45) is 1.70. The fourth-order valence-electron chi connectivity index (χ4n) is 2.89. The molecule has 0 radical (unpaired) electrons. The Morgan fingerprint density at radius 3 is 2.19 bits per heavy atom. The molecule has 2 aromatic carbocycles. The van der Waals surface area contributed by atoms with Crippen LogP contribution >= 0.6 is 15.9 Å². The summed E-state index contributed by atoms with van der Waals surface area (Å²) >= 11 is 3.35. The van der Waals surface area contributed by atoms with Crippen LogP contribution in [-0.2, 0) is 14.8 Å². The number of carbonyl (C=O) groups is 1. The van der Waals surface area contributed by atoms with E-state index in [-0.39, 0.29) is 11.4 Å². The fourth-order valence-corrected chi connectivity index (χ4v) is 4.81. The molecule has 0 aliphatic carbocycles. The van der Waals surface area contributed by atoms with E-state index in [0.29, 0.717) is 30.8 Å². The molecule has 0 amide bonds. The van der Waals surface area contributed by atoms with Gasteiger partial charge in [0, 0.05) is 11.0 Å². The van der Waals surface area contributed by atoms with Crippen molar-refractivity contribution in [2.75, 3.05) is 6.54 Å². The summed E-state index contributed by atoms with van der Waals surface area (Å²) in [5.41, 5.74) is 0. The molecule has 1 atom stereocenters. The largest absolute Gasteiger partial charge is 0.480 e. The molecule has 2 aromatic rings. The standard InChI is InChI=1S/C18H18BrNO5S/c19-13-4-6-14(7-5-13)25-15-8-10-16(11-9-15)26(23,24)20-12-2-1-3-17(20)18(21)22/h4-11,17H,1-3,12H2,(H,21,22). The molecule has 26 heavy (non-hydrogen) atoms. The van der Waals surface area contributed by atoms with E-state index in [1.54, 1.807) is 24.3 Å². The number of hydrogen-bond acceptors (Lipinski definition) is 4. The third kappa shape index (κ3) is 4.08. The molecule has 3 rings (SSSR count). The molecule has 1 aliphatic rings. The third-order valence-corrected chi connectivity index (χ3v) is 6.67. The van der Waals surface area contributed by atoms with Crippen molar-refractivity contribution in [2.24, 2.45) is 0 Å². The number of rotatable bonds is 5. The van der Waals surface area contributed by atoms with Crippen molar-refractivity contribution in [1.29, 1.82) is 0 Å². The average Bonchev–Trinajstić information content (AvgIpc) is 2.64. The minimum Gasteiger partial charge on any atom is -0.480 e. The van der Waals surface area contributed by atoms with E-state index >= 15 is 0 Å². The van der Waals surface area contributed by atoms with Crippen LogP contribution < -0.4 is 4.74 Å². The Kier molecular flexibility index (Phi) is 5.64. The van der Waals surface area contributed by atoms with Crippen molar-refractivity contribution in [1.82, 2.24) is 4.31 Å². The quantitative estimate of drug-likeness (QED) is 0.763. The van der Waals surface area contributed by atoms with Crippen LogP contribution in [-0.4, -0.2) is 36.4 Å². The Balaban J connectivity index is 1.80. The van der Waals surface area contributed by atoms with Crippen LogP contribution in [0.15, 0.2) is 57.9 Å². The van der Waals surface area contributed by atoms with E-state index in [1.165, 1.54) is 12.1 Å².